The Labute approximate surface area is 229 Å². The van der Waals surface area contributed by atoms with E-state index >= 15 is 0 Å². The lowest BCUT2D eigenvalue weighted by molar-refractivity contribution is -0.384. The average Bonchev–Trinajstić information content (AvgIpc) is 2.93. The van der Waals surface area contributed by atoms with Crippen LogP contribution in [0.15, 0.2) is 113 Å². The maximum atomic E-state index is 13.4. The lowest BCUT2D eigenvalue weighted by Gasteiger charge is -2.24. The summed E-state index contributed by atoms with van der Waals surface area (Å²) < 4.78 is 68.2. The highest BCUT2D eigenvalue weighted by Crippen LogP contribution is 2.26. The number of nitrogens with zero attached hydrogens (tertiary/aromatic N) is 2. The second-order valence-electron chi connectivity index (χ2n) is 8.28. The van der Waals surface area contributed by atoms with Gasteiger partial charge in [-0.3, -0.25) is 23.9 Å². The van der Waals surface area contributed by atoms with Crippen molar-refractivity contribution in [2.24, 2.45) is 0 Å². The van der Waals surface area contributed by atoms with Gasteiger partial charge in [-0.1, -0.05) is 18.2 Å². The number of hydrogen-bond acceptors (Lipinski definition) is 7. The van der Waals surface area contributed by atoms with Crippen LogP contribution in [0.2, 0.25) is 0 Å². The molecule has 0 saturated heterocycles. The zero-order valence-corrected chi connectivity index (χ0v) is 22.1. The topological polar surface area (TPSA) is 156 Å². The molecule has 0 radical (unpaired) electrons. The fourth-order valence-electron chi connectivity index (χ4n) is 3.56. The third-order valence-electron chi connectivity index (χ3n) is 5.51. The Bertz CT molecular complexity index is 1730. The van der Waals surface area contributed by atoms with E-state index in [1.807, 2.05) is 0 Å². The van der Waals surface area contributed by atoms with Crippen molar-refractivity contribution in [1.82, 2.24) is 0 Å². The van der Waals surface area contributed by atoms with Crippen LogP contribution in [0.5, 0.6) is 0 Å². The molecule has 0 aliphatic carbocycles. The van der Waals surface area contributed by atoms with Gasteiger partial charge in [-0.2, -0.15) is 0 Å². The Kier molecular flexibility index (Phi) is 8.11. The molecular formula is C26H21FN4O7S2. The molecule has 1 amide bonds. The van der Waals surface area contributed by atoms with Gasteiger partial charge < -0.3 is 5.32 Å². The lowest BCUT2D eigenvalue weighted by atomic mass is 10.3. The van der Waals surface area contributed by atoms with Gasteiger partial charge in [-0.15, -0.1) is 0 Å². The minimum Gasteiger partial charge on any atom is -0.325 e. The first-order valence-electron chi connectivity index (χ1n) is 11.5. The molecule has 206 valence electrons. The van der Waals surface area contributed by atoms with Crippen molar-refractivity contribution in [3.8, 4) is 0 Å². The quantitative estimate of drug-likeness (QED) is 0.207. The Morgan fingerprint density at radius 1 is 0.775 bits per heavy atom. The van der Waals surface area contributed by atoms with E-state index < -0.39 is 43.2 Å². The Morgan fingerprint density at radius 2 is 1.35 bits per heavy atom. The Hall–Kier alpha value is -4.82. The third-order valence-corrected chi connectivity index (χ3v) is 8.70. The summed E-state index contributed by atoms with van der Waals surface area (Å²) >= 11 is 0. The number of nitro benzene ring substituents is 1. The van der Waals surface area contributed by atoms with Crippen molar-refractivity contribution in [2.45, 2.75) is 9.79 Å². The number of sulfonamides is 2. The summed E-state index contributed by atoms with van der Waals surface area (Å²) in [5, 5.41) is 13.5. The van der Waals surface area contributed by atoms with Crippen LogP contribution >= 0.6 is 0 Å². The second-order valence-corrected chi connectivity index (χ2v) is 11.8. The highest BCUT2D eigenvalue weighted by Gasteiger charge is 2.27. The van der Waals surface area contributed by atoms with Crippen LogP contribution in [-0.2, 0) is 24.8 Å². The van der Waals surface area contributed by atoms with Gasteiger partial charge in [0.2, 0.25) is 5.91 Å². The number of carbonyl (C=O) groups is 1. The van der Waals surface area contributed by atoms with Gasteiger partial charge in [-0.25, -0.2) is 21.2 Å². The predicted octanol–water partition coefficient (Wildman–Crippen LogP) is 4.37. The molecule has 0 aliphatic rings. The number of nitro groups is 1. The molecule has 0 fully saturated rings. The number of nitrogens with one attached hydrogen (secondary N) is 2. The van der Waals surface area contributed by atoms with Crippen molar-refractivity contribution < 1.29 is 30.9 Å². The maximum absolute atomic E-state index is 13.4. The van der Waals surface area contributed by atoms with Gasteiger partial charge in [0, 0.05) is 23.5 Å². The van der Waals surface area contributed by atoms with Crippen molar-refractivity contribution in [1.29, 1.82) is 0 Å². The number of hydrogen-bond donors (Lipinski definition) is 2. The average molecular weight is 585 g/mol. The first-order valence-corrected chi connectivity index (χ1v) is 14.4. The first kappa shape index (κ1) is 28.2. The number of rotatable bonds is 10. The molecule has 0 heterocycles. The van der Waals surface area contributed by atoms with Gasteiger partial charge in [-0.05, 0) is 72.8 Å². The molecule has 0 unspecified atom stereocenters. The molecule has 14 heteroatoms. The zero-order valence-electron chi connectivity index (χ0n) is 20.5. The molecule has 2 N–H and O–H groups in total. The molecule has 0 saturated carbocycles. The van der Waals surface area contributed by atoms with Crippen LogP contribution in [-0.4, -0.2) is 34.2 Å². The summed E-state index contributed by atoms with van der Waals surface area (Å²) in [5.41, 5.74) is 0.114. The van der Waals surface area contributed by atoms with Gasteiger partial charge >= 0.3 is 0 Å². The molecule has 0 aliphatic heterocycles. The summed E-state index contributed by atoms with van der Waals surface area (Å²) in [7, 11) is -8.25. The highest BCUT2D eigenvalue weighted by atomic mass is 32.2. The molecule has 0 spiro atoms. The minimum atomic E-state index is -4.24. The fourth-order valence-corrected chi connectivity index (χ4v) is 6.06. The maximum Gasteiger partial charge on any atom is 0.269 e. The largest absolute Gasteiger partial charge is 0.325 e. The van der Waals surface area contributed by atoms with Crippen molar-refractivity contribution >= 4 is 48.7 Å². The molecule has 4 aromatic carbocycles. The number of amides is 1. The summed E-state index contributed by atoms with van der Waals surface area (Å²) in [5.74, 6) is -1.27. The van der Waals surface area contributed by atoms with E-state index in [0.717, 1.165) is 28.6 Å². The number of anilines is 3. The van der Waals surface area contributed by atoms with Crippen molar-refractivity contribution in [3.63, 3.8) is 0 Å². The van der Waals surface area contributed by atoms with Crippen LogP contribution in [0.1, 0.15) is 0 Å². The molecule has 4 aromatic rings. The summed E-state index contributed by atoms with van der Waals surface area (Å²) in [6.45, 7) is -0.679. The molecule has 0 bridgehead atoms. The van der Waals surface area contributed by atoms with E-state index in [1.165, 1.54) is 72.8 Å². The third kappa shape index (κ3) is 6.59. The first-order chi connectivity index (χ1) is 19.0. The Balaban J connectivity index is 1.53. The van der Waals surface area contributed by atoms with Crippen LogP contribution < -0.4 is 14.3 Å². The molecule has 11 nitrogen and oxygen atoms in total. The second kappa shape index (κ2) is 11.5. The molecule has 0 atom stereocenters. The van der Waals surface area contributed by atoms with E-state index in [9.17, 15) is 36.1 Å². The molecule has 0 aromatic heterocycles. The van der Waals surface area contributed by atoms with Crippen LogP contribution in [0.25, 0.3) is 0 Å². The number of non-ortho nitro benzene ring substituents is 1. The van der Waals surface area contributed by atoms with Crippen LogP contribution in [0.4, 0.5) is 27.1 Å². The fraction of sp³-hybridized carbons (Fsp3) is 0.0385. The summed E-state index contributed by atoms with van der Waals surface area (Å²) in [4.78, 5) is 23.1. The minimum absolute atomic E-state index is 0.0258. The normalized spacial score (nSPS) is 11.4. The van der Waals surface area contributed by atoms with E-state index in [0.29, 0.717) is 0 Å². The van der Waals surface area contributed by atoms with E-state index in [2.05, 4.69) is 10.0 Å². The number of carbonyl (C=O) groups excluding carboxylic acids is 1. The van der Waals surface area contributed by atoms with Gasteiger partial charge in [0.25, 0.3) is 25.7 Å². The van der Waals surface area contributed by atoms with E-state index in [-0.39, 0.29) is 32.5 Å². The standard InChI is InChI=1S/C26H21FN4O7S2/c27-19-6-8-21(9-7-19)29-39(35,36)24-16-10-20(11-17-24)28-26(32)18-30(22-12-14-23(15-13-22)31(33)34)40(37,38)25-4-2-1-3-5-25/h1-17,29H,18H2,(H,28,32). The lowest BCUT2D eigenvalue weighted by Crippen LogP contribution is -2.38. The predicted molar refractivity (Wildman–Crippen MR) is 146 cm³/mol. The monoisotopic (exact) mass is 584 g/mol. The van der Waals surface area contributed by atoms with E-state index in [1.54, 1.807) is 6.07 Å². The summed E-state index contributed by atoms with van der Waals surface area (Å²) in [6, 6.07) is 21.9. The number of benzene rings is 4. The summed E-state index contributed by atoms with van der Waals surface area (Å²) in [6.07, 6.45) is 0. The van der Waals surface area contributed by atoms with Gasteiger partial charge in [0.1, 0.15) is 12.4 Å². The smallest absolute Gasteiger partial charge is 0.269 e. The van der Waals surface area contributed by atoms with Crippen molar-refractivity contribution in [3.05, 3.63) is 119 Å². The van der Waals surface area contributed by atoms with Crippen molar-refractivity contribution in [2.75, 3.05) is 20.9 Å². The van der Waals surface area contributed by atoms with Gasteiger partial charge in [0.05, 0.1) is 20.4 Å². The molecular weight excluding hydrogens is 563 g/mol. The van der Waals surface area contributed by atoms with Crippen LogP contribution in [0, 0.1) is 15.9 Å². The SMILES string of the molecule is O=C(CN(c1ccc([N+](=O)[O-])cc1)S(=O)(=O)c1ccccc1)Nc1ccc(S(=O)(=O)Nc2ccc(F)cc2)cc1. The molecule has 4 rings (SSSR count). The van der Waals surface area contributed by atoms with E-state index in [4.69, 9.17) is 0 Å². The Morgan fingerprint density at radius 3 is 1.93 bits per heavy atom. The molecule has 40 heavy (non-hydrogen) atoms. The highest BCUT2D eigenvalue weighted by molar-refractivity contribution is 7.93. The number of halogens is 1. The zero-order chi connectivity index (χ0) is 28.9. The van der Waals surface area contributed by atoms with Crippen LogP contribution in [0.3, 0.4) is 0 Å². The van der Waals surface area contributed by atoms with Gasteiger partial charge in [0.15, 0.2) is 0 Å².